The molecule has 2 aromatic carbocycles. The van der Waals surface area contributed by atoms with Crippen LogP contribution < -0.4 is 0 Å². The Kier molecular flexibility index (Phi) is 7.52. The topological polar surface area (TPSA) is 23.8 Å². The molecule has 0 amide bonds. The van der Waals surface area contributed by atoms with Crippen LogP contribution in [0.4, 0.5) is 0 Å². The minimum atomic E-state index is 0.691. The van der Waals surface area contributed by atoms with Crippen LogP contribution in [0.3, 0.4) is 0 Å². The van der Waals surface area contributed by atoms with Gasteiger partial charge in [-0.3, -0.25) is 0 Å². The van der Waals surface area contributed by atoms with Crippen molar-refractivity contribution in [3.8, 4) is 6.07 Å². The predicted molar refractivity (Wildman–Crippen MR) is 114 cm³/mol. The van der Waals surface area contributed by atoms with Crippen molar-refractivity contribution in [1.29, 1.82) is 5.26 Å². The maximum absolute atomic E-state index is 8.94. The fourth-order valence-electron chi connectivity index (χ4n) is 4.44. The Morgan fingerprint density at radius 3 is 2.04 bits per heavy atom. The smallest absolute Gasteiger partial charge is 0.0991 e. The van der Waals surface area contributed by atoms with E-state index >= 15 is 0 Å². The maximum Gasteiger partial charge on any atom is 0.0991 e. The highest BCUT2D eigenvalue weighted by Crippen LogP contribution is 2.37. The van der Waals surface area contributed by atoms with Crippen molar-refractivity contribution in [2.75, 3.05) is 0 Å². The predicted octanol–water partition coefficient (Wildman–Crippen LogP) is 7.20. The standard InChI is InChI=1S/C26H33N/c1-2-3-4-5-21-6-8-22(9-7-21)10-11-23-12-16-25(17-13-23)26-18-14-24(20-27)15-19-26/h6-9,14-15,18-19,23,25H,2-5,10-13,16-17H2,1H3/t23-,25-. The van der Waals surface area contributed by atoms with Crippen LogP contribution in [0.2, 0.25) is 0 Å². The number of hydrogen-bond donors (Lipinski definition) is 0. The largest absolute Gasteiger partial charge is 0.192 e. The zero-order valence-electron chi connectivity index (χ0n) is 16.8. The van der Waals surface area contributed by atoms with E-state index in [0.717, 1.165) is 11.5 Å². The molecule has 0 aromatic heterocycles. The van der Waals surface area contributed by atoms with Crippen LogP contribution in [0, 0.1) is 17.2 Å². The van der Waals surface area contributed by atoms with Gasteiger partial charge in [0.25, 0.3) is 0 Å². The second-order valence-electron chi connectivity index (χ2n) is 8.26. The van der Waals surface area contributed by atoms with E-state index < -0.39 is 0 Å². The fraction of sp³-hybridized carbons (Fsp3) is 0.500. The van der Waals surface area contributed by atoms with Gasteiger partial charge in [0.2, 0.25) is 0 Å². The highest BCUT2D eigenvalue weighted by atomic mass is 14.3. The SMILES string of the molecule is CCCCCc1ccc(CC[C@H]2CC[C@H](c3ccc(C#N)cc3)CC2)cc1. The van der Waals surface area contributed by atoms with E-state index in [1.54, 1.807) is 0 Å². The number of nitriles is 1. The lowest BCUT2D eigenvalue weighted by molar-refractivity contribution is 0.310. The Labute approximate surface area is 165 Å². The van der Waals surface area contributed by atoms with Crippen LogP contribution in [-0.4, -0.2) is 0 Å². The van der Waals surface area contributed by atoms with Gasteiger partial charge < -0.3 is 0 Å². The van der Waals surface area contributed by atoms with E-state index in [9.17, 15) is 0 Å². The van der Waals surface area contributed by atoms with E-state index in [1.165, 1.54) is 80.9 Å². The molecule has 0 unspecified atom stereocenters. The van der Waals surface area contributed by atoms with Gasteiger partial charge in [-0.1, -0.05) is 56.2 Å². The molecule has 3 rings (SSSR count). The van der Waals surface area contributed by atoms with Crippen LogP contribution in [0.1, 0.15) is 86.5 Å². The van der Waals surface area contributed by atoms with Crippen LogP contribution in [-0.2, 0) is 12.8 Å². The second kappa shape index (κ2) is 10.3. The first kappa shape index (κ1) is 19.7. The highest BCUT2D eigenvalue weighted by Gasteiger charge is 2.22. The first-order valence-corrected chi connectivity index (χ1v) is 10.9. The normalized spacial score (nSPS) is 19.6. The first-order valence-electron chi connectivity index (χ1n) is 10.9. The van der Waals surface area contributed by atoms with Crippen molar-refractivity contribution in [3.63, 3.8) is 0 Å². The van der Waals surface area contributed by atoms with Gasteiger partial charge in [-0.05, 0) is 92.0 Å². The third-order valence-corrected chi connectivity index (χ3v) is 6.29. The zero-order valence-corrected chi connectivity index (χ0v) is 16.8. The molecule has 142 valence electrons. The van der Waals surface area contributed by atoms with Crippen molar-refractivity contribution in [2.45, 2.75) is 77.0 Å². The van der Waals surface area contributed by atoms with Crippen molar-refractivity contribution in [3.05, 3.63) is 70.8 Å². The van der Waals surface area contributed by atoms with Gasteiger partial charge in [0.15, 0.2) is 0 Å². The summed E-state index contributed by atoms with van der Waals surface area (Å²) in [7, 11) is 0. The summed E-state index contributed by atoms with van der Waals surface area (Å²) in [6, 6.07) is 19.8. The molecule has 0 bridgehead atoms. The quantitative estimate of drug-likeness (QED) is 0.457. The molecule has 0 atom stereocenters. The van der Waals surface area contributed by atoms with Crippen molar-refractivity contribution < 1.29 is 0 Å². The average molecular weight is 360 g/mol. The first-order chi connectivity index (χ1) is 13.3. The molecule has 1 saturated carbocycles. The van der Waals surface area contributed by atoms with Crippen molar-refractivity contribution >= 4 is 0 Å². The van der Waals surface area contributed by atoms with E-state index in [1.807, 2.05) is 12.1 Å². The summed E-state index contributed by atoms with van der Waals surface area (Å²) in [4.78, 5) is 0. The molecule has 0 radical (unpaired) electrons. The van der Waals surface area contributed by atoms with E-state index in [-0.39, 0.29) is 0 Å². The third kappa shape index (κ3) is 5.96. The Morgan fingerprint density at radius 1 is 0.815 bits per heavy atom. The van der Waals surface area contributed by atoms with E-state index in [2.05, 4.69) is 49.4 Å². The third-order valence-electron chi connectivity index (χ3n) is 6.29. The number of nitrogens with zero attached hydrogens (tertiary/aromatic N) is 1. The fourth-order valence-corrected chi connectivity index (χ4v) is 4.44. The van der Waals surface area contributed by atoms with Gasteiger partial charge in [-0.2, -0.15) is 5.26 Å². The molecule has 1 aliphatic carbocycles. The minimum absolute atomic E-state index is 0.691. The Balaban J connectivity index is 1.40. The van der Waals surface area contributed by atoms with Crippen molar-refractivity contribution in [1.82, 2.24) is 0 Å². The van der Waals surface area contributed by atoms with Crippen LogP contribution in [0.15, 0.2) is 48.5 Å². The number of hydrogen-bond acceptors (Lipinski definition) is 1. The van der Waals surface area contributed by atoms with Crippen LogP contribution in [0.5, 0.6) is 0 Å². The molecule has 1 aliphatic rings. The van der Waals surface area contributed by atoms with Crippen molar-refractivity contribution in [2.24, 2.45) is 5.92 Å². The van der Waals surface area contributed by atoms with E-state index in [0.29, 0.717) is 5.92 Å². The molecule has 0 spiro atoms. The summed E-state index contributed by atoms with van der Waals surface area (Å²) in [6.07, 6.45) is 13.0. The van der Waals surface area contributed by atoms with Gasteiger partial charge in [-0.15, -0.1) is 0 Å². The Bertz CT molecular complexity index is 712. The van der Waals surface area contributed by atoms with Crippen LogP contribution >= 0.6 is 0 Å². The summed E-state index contributed by atoms with van der Waals surface area (Å²) in [5.41, 5.74) is 5.19. The Morgan fingerprint density at radius 2 is 1.44 bits per heavy atom. The number of unbranched alkanes of at least 4 members (excludes halogenated alkanes) is 2. The monoisotopic (exact) mass is 359 g/mol. The molecule has 1 fully saturated rings. The zero-order chi connectivity index (χ0) is 18.9. The summed E-state index contributed by atoms with van der Waals surface area (Å²) in [5.74, 6) is 1.57. The lowest BCUT2D eigenvalue weighted by Gasteiger charge is -2.29. The Hall–Kier alpha value is -2.07. The van der Waals surface area contributed by atoms with Gasteiger partial charge in [0, 0.05) is 0 Å². The molecular weight excluding hydrogens is 326 g/mol. The highest BCUT2D eigenvalue weighted by molar-refractivity contribution is 5.33. The summed E-state index contributed by atoms with van der Waals surface area (Å²) >= 11 is 0. The molecule has 0 N–H and O–H groups in total. The molecule has 0 aliphatic heterocycles. The molecular formula is C26H33N. The molecule has 0 heterocycles. The van der Waals surface area contributed by atoms with Gasteiger partial charge >= 0.3 is 0 Å². The summed E-state index contributed by atoms with van der Waals surface area (Å²) in [6.45, 7) is 2.26. The minimum Gasteiger partial charge on any atom is -0.192 e. The maximum atomic E-state index is 8.94. The number of rotatable bonds is 8. The van der Waals surface area contributed by atoms with Gasteiger partial charge in [-0.25, -0.2) is 0 Å². The average Bonchev–Trinajstić information content (AvgIpc) is 2.74. The van der Waals surface area contributed by atoms with Crippen LogP contribution in [0.25, 0.3) is 0 Å². The van der Waals surface area contributed by atoms with E-state index in [4.69, 9.17) is 5.26 Å². The van der Waals surface area contributed by atoms with Gasteiger partial charge in [0.05, 0.1) is 11.6 Å². The molecule has 2 aromatic rings. The summed E-state index contributed by atoms with van der Waals surface area (Å²) < 4.78 is 0. The molecule has 0 saturated heterocycles. The summed E-state index contributed by atoms with van der Waals surface area (Å²) in [5, 5.41) is 8.94. The molecule has 1 nitrogen and oxygen atoms in total. The lowest BCUT2D eigenvalue weighted by Crippen LogP contribution is -2.14. The second-order valence-corrected chi connectivity index (χ2v) is 8.26. The number of aryl methyl sites for hydroxylation is 2. The van der Waals surface area contributed by atoms with Gasteiger partial charge in [0.1, 0.15) is 0 Å². The molecule has 1 heteroatoms. The number of benzene rings is 2. The molecule has 27 heavy (non-hydrogen) atoms. The lowest BCUT2D eigenvalue weighted by atomic mass is 9.77.